The molecule has 2 heterocycles. The van der Waals surface area contributed by atoms with Crippen LogP contribution < -0.4 is 10.1 Å². The topological polar surface area (TPSA) is 90.1 Å². The van der Waals surface area contributed by atoms with Gasteiger partial charge < -0.3 is 14.5 Å². The van der Waals surface area contributed by atoms with Gasteiger partial charge >= 0.3 is 0 Å². The largest absolute Gasteiger partial charge is 0.497 e. The first-order valence-corrected chi connectivity index (χ1v) is 9.35. The van der Waals surface area contributed by atoms with Crippen molar-refractivity contribution in [1.82, 2.24) is 20.5 Å². The molecule has 140 valence electrons. The highest BCUT2D eigenvalue weighted by molar-refractivity contribution is 8.00. The van der Waals surface area contributed by atoms with Crippen LogP contribution in [0.1, 0.15) is 12.5 Å². The van der Waals surface area contributed by atoms with E-state index in [1.54, 1.807) is 32.5 Å². The van der Waals surface area contributed by atoms with Gasteiger partial charge in [-0.15, -0.1) is 10.2 Å². The lowest BCUT2D eigenvalue weighted by molar-refractivity contribution is -0.120. The maximum absolute atomic E-state index is 12.3. The third-order valence-corrected chi connectivity index (χ3v) is 4.77. The second-order valence-electron chi connectivity index (χ2n) is 5.76. The Morgan fingerprint density at radius 2 is 2.07 bits per heavy atom. The van der Waals surface area contributed by atoms with Gasteiger partial charge in [0.15, 0.2) is 0 Å². The predicted octanol–water partition coefficient (Wildman–Crippen LogP) is 2.98. The van der Waals surface area contributed by atoms with Crippen molar-refractivity contribution in [3.8, 4) is 17.2 Å². The van der Waals surface area contributed by atoms with Crippen LogP contribution in [-0.2, 0) is 11.2 Å². The number of aromatic nitrogens is 3. The molecule has 0 spiro atoms. The number of carbonyl (C=O) groups is 1. The summed E-state index contributed by atoms with van der Waals surface area (Å²) in [7, 11) is 1.64. The van der Waals surface area contributed by atoms with Gasteiger partial charge in [0.2, 0.25) is 11.8 Å². The fraction of sp³-hybridized carbons (Fsp3) is 0.263. The number of carbonyl (C=O) groups excluding carboxylic acids is 1. The molecule has 3 aromatic rings. The van der Waals surface area contributed by atoms with E-state index in [0.29, 0.717) is 17.7 Å². The third-order valence-electron chi connectivity index (χ3n) is 3.83. The number of hydrogen-bond donors (Lipinski definition) is 1. The first kappa shape index (κ1) is 18.9. The van der Waals surface area contributed by atoms with Crippen molar-refractivity contribution in [3.63, 3.8) is 0 Å². The summed E-state index contributed by atoms with van der Waals surface area (Å²) in [4.78, 5) is 16.3. The second-order valence-corrected chi connectivity index (χ2v) is 7.06. The van der Waals surface area contributed by atoms with Gasteiger partial charge in [0, 0.05) is 18.9 Å². The molecule has 0 aliphatic rings. The number of methoxy groups -OCH3 is 1. The molecule has 0 radical (unpaired) electrons. The molecule has 1 amide bonds. The van der Waals surface area contributed by atoms with Crippen molar-refractivity contribution in [1.29, 1.82) is 0 Å². The number of nitrogens with one attached hydrogen (secondary N) is 1. The number of rotatable bonds is 8. The molecule has 0 aliphatic carbocycles. The molecule has 3 rings (SSSR count). The van der Waals surface area contributed by atoms with Crippen molar-refractivity contribution >= 4 is 17.7 Å². The van der Waals surface area contributed by atoms with Crippen molar-refractivity contribution in [2.75, 3.05) is 13.7 Å². The van der Waals surface area contributed by atoms with Gasteiger partial charge in [-0.3, -0.25) is 9.78 Å². The smallest absolute Gasteiger partial charge is 0.277 e. The van der Waals surface area contributed by atoms with E-state index >= 15 is 0 Å². The number of hydrogen-bond acceptors (Lipinski definition) is 7. The highest BCUT2D eigenvalue weighted by atomic mass is 32.2. The minimum absolute atomic E-state index is 0.0744. The molecule has 1 aromatic carbocycles. The monoisotopic (exact) mass is 384 g/mol. The molecule has 1 atom stereocenters. The minimum Gasteiger partial charge on any atom is -0.497 e. The summed E-state index contributed by atoms with van der Waals surface area (Å²) >= 11 is 1.23. The SMILES string of the molecule is COc1ccc(CCNC(=O)[C@@H](C)Sc2nnc(-c3cccnc3)o2)cc1. The third kappa shape index (κ3) is 5.30. The number of thioether (sulfide) groups is 1. The van der Waals surface area contributed by atoms with Crippen LogP contribution in [0, 0.1) is 0 Å². The van der Waals surface area contributed by atoms with E-state index in [2.05, 4.69) is 20.5 Å². The van der Waals surface area contributed by atoms with Gasteiger partial charge in [0.05, 0.1) is 17.9 Å². The lowest BCUT2D eigenvalue weighted by Gasteiger charge is -2.10. The Kier molecular flexibility index (Phi) is 6.43. The standard InChI is InChI=1S/C19H20N4O3S/c1-13(17(24)21-11-9-14-5-7-16(25-2)8-6-14)27-19-23-22-18(26-19)15-4-3-10-20-12-15/h3-8,10,12-13H,9,11H2,1-2H3,(H,21,24)/t13-/m1/s1. The van der Waals surface area contributed by atoms with Crippen LogP contribution in [0.2, 0.25) is 0 Å². The molecule has 27 heavy (non-hydrogen) atoms. The molecular formula is C19H20N4O3S. The summed E-state index contributed by atoms with van der Waals surface area (Å²) in [6, 6.07) is 11.4. The number of amides is 1. The Balaban J connectivity index is 1.47. The number of benzene rings is 1. The maximum atomic E-state index is 12.3. The Morgan fingerprint density at radius 1 is 1.26 bits per heavy atom. The van der Waals surface area contributed by atoms with E-state index in [9.17, 15) is 4.79 Å². The Hall–Kier alpha value is -2.87. The summed E-state index contributed by atoms with van der Waals surface area (Å²) in [6.07, 6.45) is 4.07. The fourth-order valence-corrected chi connectivity index (χ4v) is 3.04. The van der Waals surface area contributed by atoms with Crippen LogP contribution in [0.3, 0.4) is 0 Å². The van der Waals surface area contributed by atoms with Crippen LogP contribution in [0.5, 0.6) is 5.75 Å². The molecule has 1 N–H and O–H groups in total. The lowest BCUT2D eigenvalue weighted by atomic mass is 10.1. The average Bonchev–Trinajstić information content (AvgIpc) is 3.17. The van der Waals surface area contributed by atoms with Crippen molar-refractivity contribution < 1.29 is 13.9 Å². The Labute approximate surface area is 161 Å². The summed E-state index contributed by atoms with van der Waals surface area (Å²) < 4.78 is 10.7. The van der Waals surface area contributed by atoms with Gasteiger partial charge in [0.25, 0.3) is 5.22 Å². The van der Waals surface area contributed by atoms with Crippen molar-refractivity contribution in [3.05, 3.63) is 54.4 Å². The van der Waals surface area contributed by atoms with E-state index in [1.165, 1.54) is 11.8 Å². The maximum Gasteiger partial charge on any atom is 0.277 e. The minimum atomic E-state index is -0.344. The average molecular weight is 384 g/mol. The van der Waals surface area contributed by atoms with Gasteiger partial charge in [-0.05, 0) is 43.2 Å². The van der Waals surface area contributed by atoms with Crippen LogP contribution in [0.4, 0.5) is 0 Å². The molecule has 0 fully saturated rings. The fourth-order valence-electron chi connectivity index (χ4n) is 2.33. The van der Waals surface area contributed by atoms with Crippen LogP contribution in [0.15, 0.2) is 58.4 Å². The Morgan fingerprint density at radius 3 is 2.78 bits per heavy atom. The number of ether oxygens (including phenoxy) is 1. The number of pyridine rings is 1. The summed E-state index contributed by atoms with van der Waals surface area (Å²) in [5, 5.41) is 10.9. The van der Waals surface area contributed by atoms with Crippen LogP contribution in [0.25, 0.3) is 11.5 Å². The van der Waals surface area contributed by atoms with Crippen molar-refractivity contribution in [2.24, 2.45) is 0 Å². The Bertz CT molecular complexity index is 868. The molecular weight excluding hydrogens is 364 g/mol. The van der Waals surface area contributed by atoms with E-state index in [1.807, 2.05) is 30.3 Å². The normalized spacial score (nSPS) is 11.8. The summed E-state index contributed by atoms with van der Waals surface area (Å²) in [5.41, 5.74) is 1.88. The van der Waals surface area contributed by atoms with Crippen LogP contribution in [-0.4, -0.2) is 40.0 Å². The first-order valence-electron chi connectivity index (χ1n) is 8.47. The number of nitrogens with zero attached hydrogens (tertiary/aromatic N) is 3. The summed E-state index contributed by atoms with van der Waals surface area (Å²) in [6.45, 7) is 2.36. The molecule has 0 bridgehead atoms. The zero-order valence-electron chi connectivity index (χ0n) is 15.1. The molecule has 0 saturated carbocycles. The second kappa shape index (κ2) is 9.18. The van der Waals surface area contributed by atoms with Crippen molar-refractivity contribution in [2.45, 2.75) is 23.8 Å². The summed E-state index contributed by atoms with van der Waals surface area (Å²) in [5.74, 6) is 1.13. The van der Waals surface area contributed by atoms with E-state index < -0.39 is 0 Å². The quantitative estimate of drug-likeness (QED) is 0.597. The van der Waals surface area contributed by atoms with Gasteiger partial charge in [0.1, 0.15) is 5.75 Å². The lowest BCUT2D eigenvalue weighted by Crippen LogP contribution is -2.32. The first-order chi connectivity index (χ1) is 13.2. The van der Waals surface area contributed by atoms with E-state index in [4.69, 9.17) is 9.15 Å². The molecule has 2 aromatic heterocycles. The zero-order valence-corrected chi connectivity index (χ0v) is 15.9. The van der Waals surface area contributed by atoms with Gasteiger partial charge in [-0.2, -0.15) is 0 Å². The molecule has 8 heteroatoms. The predicted molar refractivity (Wildman–Crippen MR) is 103 cm³/mol. The van der Waals surface area contributed by atoms with E-state index in [0.717, 1.165) is 23.3 Å². The van der Waals surface area contributed by atoms with Crippen LogP contribution >= 0.6 is 11.8 Å². The zero-order chi connectivity index (χ0) is 19.1. The van der Waals surface area contributed by atoms with Gasteiger partial charge in [-0.1, -0.05) is 23.9 Å². The van der Waals surface area contributed by atoms with E-state index in [-0.39, 0.29) is 11.2 Å². The molecule has 0 aliphatic heterocycles. The molecule has 0 saturated heterocycles. The highest BCUT2D eigenvalue weighted by Crippen LogP contribution is 2.25. The highest BCUT2D eigenvalue weighted by Gasteiger charge is 2.18. The molecule has 7 nitrogen and oxygen atoms in total. The molecule has 0 unspecified atom stereocenters. The van der Waals surface area contributed by atoms with Gasteiger partial charge in [-0.25, -0.2) is 0 Å².